The largest absolute Gasteiger partial charge is 0.485 e. The number of aromatic carboxylic acids is 1. The number of hydrogen-bond acceptors (Lipinski definition) is 4. The minimum Gasteiger partial charge on any atom is -0.485 e. The summed E-state index contributed by atoms with van der Waals surface area (Å²) in [4.78, 5) is 19.0. The fourth-order valence-electron chi connectivity index (χ4n) is 1.49. The predicted octanol–water partition coefficient (Wildman–Crippen LogP) is 2.06. The summed E-state index contributed by atoms with van der Waals surface area (Å²) in [5.74, 6) is -0.791. The van der Waals surface area contributed by atoms with Gasteiger partial charge in [-0.1, -0.05) is 6.07 Å². The van der Waals surface area contributed by atoms with Crippen molar-refractivity contribution in [2.45, 2.75) is 13.5 Å². The van der Waals surface area contributed by atoms with Crippen LogP contribution in [-0.4, -0.2) is 21.0 Å². The van der Waals surface area contributed by atoms with Crippen LogP contribution in [0.5, 0.6) is 5.75 Å². The Balaban J connectivity index is 2.16. The molecule has 0 radical (unpaired) electrons. The second kappa shape index (κ2) is 5.27. The molecule has 2 aromatic heterocycles. The summed E-state index contributed by atoms with van der Waals surface area (Å²) >= 11 is 0. The van der Waals surface area contributed by atoms with Crippen LogP contribution < -0.4 is 4.74 Å². The zero-order valence-electron chi connectivity index (χ0n) is 9.83. The standard InChI is InChI=1S/C13H12N2O3/c1-9-3-2-5-15-11(9)8-18-12-7-14-6-4-10(12)13(16)17/h2-7H,8H2,1H3,(H,16,17). The van der Waals surface area contributed by atoms with Gasteiger partial charge in [-0.05, 0) is 24.6 Å². The average Bonchev–Trinajstić information content (AvgIpc) is 2.38. The molecule has 5 nitrogen and oxygen atoms in total. The van der Waals surface area contributed by atoms with E-state index in [1.54, 1.807) is 6.20 Å². The summed E-state index contributed by atoms with van der Waals surface area (Å²) in [5.41, 5.74) is 1.87. The molecule has 0 aliphatic heterocycles. The molecular weight excluding hydrogens is 232 g/mol. The Hall–Kier alpha value is -2.43. The first kappa shape index (κ1) is 12.0. The van der Waals surface area contributed by atoms with E-state index in [1.165, 1.54) is 18.5 Å². The number of carboxylic acid groups (broad SMARTS) is 1. The Morgan fingerprint density at radius 1 is 1.39 bits per heavy atom. The molecule has 0 saturated carbocycles. The second-order valence-corrected chi connectivity index (χ2v) is 3.73. The van der Waals surface area contributed by atoms with E-state index in [-0.39, 0.29) is 17.9 Å². The third-order valence-corrected chi connectivity index (χ3v) is 2.50. The summed E-state index contributed by atoms with van der Waals surface area (Å²) in [7, 11) is 0. The van der Waals surface area contributed by atoms with Gasteiger partial charge < -0.3 is 9.84 Å². The predicted molar refractivity (Wildman–Crippen MR) is 64.5 cm³/mol. The number of ether oxygens (including phenoxy) is 1. The number of aryl methyl sites for hydroxylation is 1. The summed E-state index contributed by atoms with van der Waals surface area (Å²) in [6.45, 7) is 2.14. The summed E-state index contributed by atoms with van der Waals surface area (Å²) < 4.78 is 5.46. The lowest BCUT2D eigenvalue weighted by Gasteiger charge is -2.09. The highest BCUT2D eigenvalue weighted by Crippen LogP contribution is 2.18. The zero-order valence-corrected chi connectivity index (χ0v) is 9.83. The van der Waals surface area contributed by atoms with Crippen LogP contribution >= 0.6 is 0 Å². The van der Waals surface area contributed by atoms with E-state index >= 15 is 0 Å². The van der Waals surface area contributed by atoms with Crippen LogP contribution in [0.3, 0.4) is 0 Å². The molecule has 0 bridgehead atoms. The fraction of sp³-hybridized carbons (Fsp3) is 0.154. The minimum absolute atomic E-state index is 0.0959. The van der Waals surface area contributed by atoms with Crippen LogP contribution in [0, 0.1) is 6.92 Å². The maximum Gasteiger partial charge on any atom is 0.339 e. The molecule has 0 aliphatic rings. The molecule has 0 unspecified atom stereocenters. The van der Waals surface area contributed by atoms with Crippen molar-refractivity contribution in [2.24, 2.45) is 0 Å². The van der Waals surface area contributed by atoms with E-state index in [9.17, 15) is 4.79 Å². The van der Waals surface area contributed by atoms with Gasteiger partial charge in [0.2, 0.25) is 0 Å². The Labute approximate surface area is 104 Å². The molecule has 2 heterocycles. The molecule has 0 saturated heterocycles. The van der Waals surface area contributed by atoms with Crippen LogP contribution in [0.15, 0.2) is 36.8 Å². The van der Waals surface area contributed by atoms with E-state index in [1.807, 2.05) is 19.1 Å². The van der Waals surface area contributed by atoms with Crippen molar-refractivity contribution in [3.8, 4) is 5.75 Å². The molecule has 0 amide bonds. The molecule has 5 heteroatoms. The van der Waals surface area contributed by atoms with Crippen LogP contribution in [0.4, 0.5) is 0 Å². The second-order valence-electron chi connectivity index (χ2n) is 3.73. The monoisotopic (exact) mass is 244 g/mol. The molecule has 92 valence electrons. The normalized spacial score (nSPS) is 10.1. The lowest BCUT2D eigenvalue weighted by atomic mass is 10.2. The molecule has 0 atom stereocenters. The lowest BCUT2D eigenvalue weighted by molar-refractivity contribution is 0.0691. The van der Waals surface area contributed by atoms with Gasteiger partial charge in [-0.2, -0.15) is 0 Å². The average molecular weight is 244 g/mol. The highest BCUT2D eigenvalue weighted by atomic mass is 16.5. The highest BCUT2D eigenvalue weighted by molar-refractivity contribution is 5.90. The first-order valence-electron chi connectivity index (χ1n) is 5.39. The topological polar surface area (TPSA) is 72.3 Å². The van der Waals surface area contributed by atoms with E-state index < -0.39 is 5.97 Å². The molecule has 1 N–H and O–H groups in total. The van der Waals surface area contributed by atoms with E-state index in [0.717, 1.165) is 11.3 Å². The van der Waals surface area contributed by atoms with Crippen molar-refractivity contribution in [1.29, 1.82) is 0 Å². The Bertz CT molecular complexity index is 570. The lowest BCUT2D eigenvalue weighted by Crippen LogP contribution is -2.05. The van der Waals surface area contributed by atoms with Gasteiger partial charge in [-0.3, -0.25) is 9.97 Å². The number of carboxylic acids is 1. The van der Waals surface area contributed by atoms with Crippen LogP contribution in [-0.2, 0) is 6.61 Å². The van der Waals surface area contributed by atoms with Gasteiger partial charge in [0.05, 0.1) is 11.9 Å². The highest BCUT2D eigenvalue weighted by Gasteiger charge is 2.11. The maximum atomic E-state index is 11.0. The smallest absolute Gasteiger partial charge is 0.339 e. The van der Waals surface area contributed by atoms with Gasteiger partial charge >= 0.3 is 5.97 Å². The Morgan fingerprint density at radius 3 is 2.94 bits per heavy atom. The molecule has 18 heavy (non-hydrogen) atoms. The number of hydrogen-bond donors (Lipinski definition) is 1. The van der Waals surface area contributed by atoms with Gasteiger partial charge in [0.15, 0.2) is 5.75 Å². The van der Waals surface area contributed by atoms with Crippen molar-refractivity contribution < 1.29 is 14.6 Å². The summed E-state index contributed by atoms with van der Waals surface area (Å²) in [6.07, 6.45) is 4.48. The number of nitrogens with zero attached hydrogens (tertiary/aromatic N) is 2. The van der Waals surface area contributed by atoms with Gasteiger partial charge in [-0.15, -0.1) is 0 Å². The fourth-order valence-corrected chi connectivity index (χ4v) is 1.49. The quantitative estimate of drug-likeness (QED) is 0.891. The van der Waals surface area contributed by atoms with E-state index in [4.69, 9.17) is 9.84 Å². The molecule has 2 aromatic rings. The number of carbonyl (C=O) groups is 1. The van der Waals surface area contributed by atoms with Crippen molar-refractivity contribution in [2.75, 3.05) is 0 Å². The van der Waals surface area contributed by atoms with Crippen molar-refractivity contribution >= 4 is 5.97 Å². The van der Waals surface area contributed by atoms with Crippen molar-refractivity contribution in [1.82, 2.24) is 9.97 Å². The zero-order chi connectivity index (χ0) is 13.0. The molecule has 0 spiro atoms. The summed E-state index contributed by atoms with van der Waals surface area (Å²) in [6, 6.07) is 5.17. The third-order valence-electron chi connectivity index (χ3n) is 2.50. The van der Waals surface area contributed by atoms with Gasteiger partial charge in [-0.25, -0.2) is 4.79 Å². The SMILES string of the molecule is Cc1cccnc1COc1cnccc1C(=O)O. The van der Waals surface area contributed by atoms with Gasteiger partial charge in [0, 0.05) is 12.4 Å². The molecular formula is C13H12N2O3. The van der Waals surface area contributed by atoms with Gasteiger partial charge in [0.25, 0.3) is 0 Å². The number of aromatic nitrogens is 2. The third kappa shape index (κ3) is 2.63. The van der Waals surface area contributed by atoms with E-state index in [0.29, 0.717) is 0 Å². The van der Waals surface area contributed by atoms with Crippen molar-refractivity contribution in [3.63, 3.8) is 0 Å². The maximum absolute atomic E-state index is 11.0. The van der Waals surface area contributed by atoms with Crippen LogP contribution in [0.1, 0.15) is 21.6 Å². The van der Waals surface area contributed by atoms with Crippen LogP contribution in [0.25, 0.3) is 0 Å². The van der Waals surface area contributed by atoms with Crippen molar-refractivity contribution in [3.05, 3.63) is 53.6 Å². The first-order chi connectivity index (χ1) is 8.68. The Kier molecular flexibility index (Phi) is 3.52. The summed E-state index contributed by atoms with van der Waals surface area (Å²) in [5, 5.41) is 8.99. The number of pyridine rings is 2. The molecule has 0 aromatic carbocycles. The van der Waals surface area contributed by atoms with Crippen LogP contribution in [0.2, 0.25) is 0 Å². The van der Waals surface area contributed by atoms with Gasteiger partial charge in [0.1, 0.15) is 12.2 Å². The minimum atomic E-state index is -1.04. The molecule has 0 aliphatic carbocycles. The van der Waals surface area contributed by atoms with E-state index in [2.05, 4.69) is 9.97 Å². The number of rotatable bonds is 4. The Morgan fingerprint density at radius 2 is 2.22 bits per heavy atom. The first-order valence-corrected chi connectivity index (χ1v) is 5.39. The molecule has 0 fully saturated rings. The molecule has 2 rings (SSSR count).